The highest BCUT2D eigenvalue weighted by molar-refractivity contribution is 5.75. The van der Waals surface area contributed by atoms with Gasteiger partial charge < -0.3 is 10.3 Å². The third-order valence-electron chi connectivity index (χ3n) is 2.81. The molecule has 0 bridgehead atoms. The molecule has 0 spiro atoms. The summed E-state index contributed by atoms with van der Waals surface area (Å²) in [5.74, 6) is 1.48. The second kappa shape index (κ2) is 4.22. The lowest BCUT2D eigenvalue weighted by Gasteiger charge is -2.03. The van der Waals surface area contributed by atoms with Crippen molar-refractivity contribution in [3.63, 3.8) is 0 Å². The molecule has 4 heteroatoms. The number of hydrogen-bond acceptors (Lipinski definition) is 3. The van der Waals surface area contributed by atoms with Crippen molar-refractivity contribution in [1.82, 2.24) is 14.5 Å². The first-order valence-corrected chi connectivity index (χ1v) is 5.65. The molecule has 2 aromatic heterocycles. The third-order valence-corrected chi connectivity index (χ3v) is 2.81. The molecule has 2 N–H and O–H groups in total. The van der Waals surface area contributed by atoms with E-state index in [-0.39, 0.29) is 0 Å². The molecular weight excluding hydrogens is 200 g/mol. The van der Waals surface area contributed by atoms with Crippen molar-refractivity contribution >= 4 is 11.2 Å². The van der Waals surface area contributed by atoms with E-state index in [1.165, 1.54) is 5.56 Å². The van der Waals surface area contributed by atoms with Gasteiger partial charge in [0.25, 0.3) is 0 Å². The first kappa shape index (κ1) is 11.1. The highest BCUT2D eigenvalue weighted by atomic mass is 15.1. The monoisotopic (exact) mass is 218 g/mol. The molecule has 0 saturated carbocycles. The van der Waals surface area contributed by atoms with Crippen molar-refractivity contribution in [3.8, 4) is 0 Å². The molecule has 0 aliphatic rings. The van der Waals surface area contributed by atoms with Crippen LogP contribution in [0.1, 0.15) is 31.2 Å². The van der Waals surface area contributed by atoms with Crippen LogP contribution in [0.4, 0.5) is 0 Å². The van der Waals surface area contributed by atoms with Crippen molar-refractivity contribution in [2.24, 2.45) is 12.8 Å². The Morgan fingerprint density at radius 1 is 1.44 bits per heavy atom. The van der Waals surface area contributed by atoms with Crippen LogP contribution >= 0.6 is 0 Å². The van der Waals surface area contributed by atoms with Crippen LogP contribution in [-0.4, -0.2) is 21.1 Å². The topological polar surface area (TPSA) is 56.7 Å². The van der Waals surface area contributed by atoms with E-state index in [1.54, 1.807) is 0 Å². The Kier molecular flexibility index (Phi) is 2.92. The lowest BCUT2D eigenvalue weighted by molar-refractivity contribution is 0.719. The summed E-state index contributed by atoms with van der Waals surface area (Å²) in [6, 6.07) is 2.01. The number of rotatable bonds is 3. The van der Waals surface area contributed by atoms with Crippen molar-refractivity contribution in [3.05, 3.63) is 23.7 Å². The number of hydrogen-bond donors (Lipinski definition) is 1. The fourth-order valence-electron chi connectivity index (χ4n) is 2.02. The molecule has 16 heavy (non-hydrogen) atoms. The van der Waals surface area contributed by atoms with Crippen molar-refractivity contribution in [2.45, 2.75) is 26.2 Å². The number of aryl methyl sites for hydroxylation is 1. The summed E-state index contributed by atoms with van der Waals surface area (Å²) in [5, 5.41) is 0. The number of nitrogens with zero attached hydrogens (tertiary/aromatic N) is 3. The van der Waals surface area contributed by atoms with Gasteiger partial charge in [0.05, 0.1) is 0 Å². The maximum absolute atomic E-state index is 5.60. The van der Waals surface area contributed by atoms with E-state index in [0.29, 0.717) is 12.5 Å². The Bertz CT molecular complexity index is 499. The van der Waals surface area contributed by atoms with Gasteiger partial charge >= 0.3 is 0 Å². The number of aromatic nitrogens is 3. The van der Waals surface area contributed by atoms with Gasteiger partial charge in [-0.3, -0.25) is 0 Å². The van der Waals surface area contributed by atoms with Crippen LogP contribution in [0, 0.1) is 0 Å². The predicted octanol–water partition coefficient (Wildman–Crippen LogP) is 1.59. The molecular formula is C12H18N4. The van der Waals surface area contributed by atoms with Gasteiger partial charge in [-0.1, -0.05) is 13.8 Å². The Balaban J connectivity index is 2.65. The summed E-state index contributed by atoms with van der Waals surface area (Å²) in [6.45, 7) is 4.93. The lowest BCUT2D eigenvalue weighted by Crippen LogP contribution is -2.03. The molecule has 0 fully saturated rings. The second-order valence-corrected chi connectivity index (χ2v) is 4.36. The molecule has 0 unspecified atom stereocenters. The Labute approximate surface area is 95.5 Å². The maximum Gasteiger partial charge on any atom is 0.160 e. The minimum absolute atomic E-state index is 0.407. The zero-order valence-corrected chi connectivity index (χ0v) is 10.1. The Morgan fingerprint density at radius 3 is 2.81 bits per heavy atom. The molecule has 0 atom stereocenters. The van der Waals surface area contributed by atoms with Crippen LogP contribution < -0.4 is 5.73 Å². The predicted molar refractivity (Wildman–Crippen MR) is 65.4 cm³/mol. The smallest absolute Gasteiger partial charge is 0.160 e. The highest BCUT2D eigenvalue weighted by Gasteiger charge is 2.13. The van der Waals surface area contributed by atoms with E-state index in [0.717, 1.165) is 23.4 Å². The van der Waals surface area contributed by atoms with Crippen LogP contribution in [0.15, 0.2) is 12.3 Å². The van der Waals surface area contributed by atoms with Gasteiger partial charge in [0.15, 0.2) is 5.65 Å². The number of fused-ring (bicyclic) bond motifs is 1. The van der Waals surface area contributed by atoms with Crippen LogP contribution in [0.2, 0.25) is 0 Å². The van der Waals surface area contributed by atoms with E-state index in [9.17, 15) is 0 Å². The van der Waals surface area contributed by atoms with Gasteiger partial charge in [0.2, 0.25) is 0 Å². The summed E-state index contributed by atoms with van der Waals surface area (Å²) < 4.78 is 2.07. The Morgan fingerprint density at radius 2 is 2.19 bits per heavy atom. The van der Waals surface area contributed by atoms with Crippen LogP contribution in [-0.2, 0) is 13.5 Å². The molecule has 0 aromatic carbocycles. The normalized spacial score (nSPS) is 11.6. The van der Waals surface area contributed by atoms with Crippen LogP contribution in [0.5, 0.6) is 0 Å². The lowest BCUT2D eigenvalue weighted by atomic mass is 10.2. The summed E-state index contributed by atoms with van der Waals surface area (Å²) in [5.41, 5.74) is 8.74. The first-order valence-electron chi connectivity index (χ1n) is 5.65. The van der Waals surface area contributed by atoms with Gasteiger partial charge in [-0.05, 0) is 24.6 Å². The quantitative estimate of drug-likeness (QED) is 0.851. The van der Waals surface area contributed by atoms with E-state index >= 15 is 0 Å². The van der Waals surface area contributed by atoms with E-state index in [2.05, 4.69) is 28.4 Å². The molecule has 4 nitrogen and oxygen atoms in total. The largest absolute Gasteiger partial charge is 0.330 e. The van der Waals surface area contributed by atoms with Gasteiger partial charge in [-0.15, -0.1) is 0 Å². The fraction of sp³-hybridized carbons (Fsp3) is 0.500. The summed E-state index contributed by atoms with van der Waals surface area (Å²) in [6.07, 6.45) is 2.69. The number of imidazole rings is 1. The molecule has 0 amide bonds. The molecule has 86 valence electrons. The minimum Gasteiger partial charge on any atom is -0.330 e. The summed E-state index contributed by atoms with van der Waals surface area (Å²) >= 11 is 0. The molecule has 0 saturated heterocycles. The van der Waals surface area contributed by atoms with Crippen molar-refractivity contribution < 1.29 is 0 Å². The van der Waals surface area contributed by atoms with Crippen LogP contribution in [0.3, 0.4) is 0 Å². The van der Waals surface area contributed by atoms with E-state index < -0.39 is 0 Å². The number of pyridine rings is 1. The fourth-order valence-corrected chi connectivity index (χ4v) is 2.02. The van der Waals surface area contributed by atoms with Gasteiger partial charge in [0.1, 0.15) is 11.3 Å². The molecule has 0 aliphatic carbocycles. The van der Waals surface area contributed by atoms with Crippen molar-refractivity contribution in [1.29, 1.82) is 0 Å². The zero-order chi connectivity index (χ0) is 11.7. The van der Waals surface area contributed by atoms with E-state index in [1.807, 2.05) is 19.3 Å². The zero-order valence-electron chi connectivity index (χ0n) is 10.1. The average molecular weight is 218 g/mol. The first-order chi connectivity index (χ1) is 7.65. The minimum atomic E-state index is 0.407. The second-order valence-electron chi connectivity index (χ2n) is 4.36. The molecule has 2 rings (SSSR count). The maximum atomic E-state index is 5.60. The van der Waals surface area contributed by atoms with Gasteiger partial charge in [-0.25, -0.2) is 9.97 Å². The summed E-state index contributed by atoms with van der Waals surface area (Å²) in [4.78, 5) is 9.06. The molecule has 0 radical (unpaired) electrons. The standard InChI is InChI=1S/C12H18N4/c1-8(2)11-15-10-9(4-6-13)5-7-14-12(10)16(11)3/h5,7-8H,4,6,13H2,1-3H3. The van der Waals surface area contributed by atoms with Crippen molar-refractivity contribution in [2.75, 3.05) is 6.54 Å². The summed E-state index contributed by atoms with van der Waals surface area (Å²) in [7, 11) is 2.02. The highest BCUT2D eigenvalue weighted by Crippen LogP contribution is 2.21. The van der Waals surface area contributed by atoms with E-state index in [4.69, 9.17) is 5.73 Å². The molecule has 0 aliphatic heterocycles. The Hall–Kier alpha value is -1.42. The average Bonchev–Trinajstić information content (AvgIpc) is 2.58. The molecule has 2 aromatic rings. The SMILES string of the molecule is CC(C)c1nc2c(CCN)ccnc2n1C. The van der Waals surface area contributed by atoms with Gasteiger partial charge in [0, 0.05) is 19.2 Å². The van der Waals surface area contributed by atoms with Gasteiger partial charge in [-0.2, -0.15) is 0 Å². The molecule has 2 heterocycles. The third kappa shape index (κ3) is 1.69. The number of nitrogens with two attached hydrogens (primary N) is 1. The van der Waals surface area contributed by atoms with Crippen LogP contribution in [0.25, 0.3) is 11.2 Å².